The Balaban J connectivity index is 2.12. The molecule has 0 heterocycles. The minimum Gasteiger partial charge on any atom is -0.316 e. The molecule has 0 spiro atoms. The molecule has 0 radical (unpaired) electrons. The number of hydrogen-bond donors (Lipinski definition) is 2. The van der Waals surface area contributed by atoms with Crippen LogP contribution in [0.3, 0.4) is 0 Å². The van der Waals surface area contributed by atoms with Gasteiger partial charge in [0.05, 0.1) is 0 Å². The Morgan fingerprint density at radius 2 is 1.94 bits per heavy atom. The lowest BCUT2D eigenvalue weighted by molar-refractivity contribution is 0.526. The summed E-state index contributed by atoms with van der Waals surface area (Å²) < 4.78 is 13.4. The second-order valence-corrected chi connectivity index (χ2v) is 5.30. The monoisotopic (exact) mass is 272 g/mol. The Morgan fingerprint density at radius 1 is 1.22 bits per heavy atom. The van der Waals surface area contributed by atoms with Crippen LogP contribution in [0.25, 0.3) is 0 Å². The highest BCUT2D eigenvalue weighted by Crippen LogP contribution is 2.14. The van der Waals surface area contributed by atoms with Gasteiger partial charge in [0.15, 0.2) is 0 Å². The van der Waals surface area contributed by atoms with E-state index in [1.165, 1.54) is 6.07 Å². The fourth-order valence-electron chi connectivity index (χ4n) is 1.63. The molecule has 1 aromatic carbocycles. The van der Waals surface area contributed by atoms with Gasteiger partial charge in [-0.05, 0) is 50.2 Å². The fourth-order valence-corrected chi connectivity index (χ4v) is 1.83. The third-order valence-electron chi connectivity index (χ3n) is 2.58. The average Bonchev–Trinajstić information content (AvgIpc) is 2.32. The van der Waals surface area contributed by atoms with Crippen LogP contribution in [0.2, 0.25) is 5.02 Å². The predicted molar refractivity (Wildman–Crippen MR) is 75.4 cm³/mol. The first-order chi connectivity index (χ1) is 8.59. The molecule has 0 fully saturated rings. The van der Waals surface area contributed by atoms with Crippen LogP contribution in [0.5, 0.6) is 0 Å². The highest BCUT2D eigenvalue weighted by atomic mass is 35.5. The Labute approximate surface area is 114 Å². The van der Waals surface area contributed by atoms with Crippen molar-refractivity contribution in [2.45, 2.75) is 26.8 Å². The summed E-state index contributed by atoms with van der Waals surface area (Å²) in [6.07, 6.45) is 1.04. The molecule has 0 saturated heterocycles. The normalized spacial score (nSPS) is 11.2. The summed E-state index contributed by atoms with van der Waals surface area (Å²) in [5.74, 6) is 0.475. The van der Waals surface area contributed by atoms with E-state index < -0.39 is 0 Å². The van der Waals surface area contributed by atoms with Crippen LogP contribution in [-0.4, -0.2) is 19.6 Å². The highest BCUT2D eigenvalue weighted by molar-refractivity contribution is 6.30. The Hall–Kier alpha value is -0.640. The predicted octanol–water partition coefficient (Wildman–Crippen LogP) is 3.20. The Morgan fingerprint density at radius 3 is 2.67 bits per heavy atom. The second kappa shape index (κ2) is 8.46. The van der Waals surface area contributed by atoms with Crippen LogP contribution in [0, 0.1) is 11.7 Å². The highest BCUT2D eigenvalue weighted by Gasteiger charge is 2.02. The van der Waals surface area contributed by atoms with Gasteiger partial charge >= 0.3 is 0 Å². The lowest BCUT2D eigenvalue weighted by Crippen LogP contribution is -2.24. The summed E-state index contributed by atoms with van der Waals surface area (Å²) in [4.78, 5) is 0. The minimum absolute atomic E-state index is 0.204. The molecule has 1 rings (SSSR count). The van der Waals surface area contributed by atoms with E-state index >= 15 is 0 Å². The third kappa shape index (κ3) is 6.34. The first kappa shape index (κ1) is 15.4. The van der Waals surface area contributed by atoms with E-state index in [-0.39, 0.29) is 5.82 Å². The maximum absolute atomic E-state index is 13.4. The molecule has 18 heavy (non-hydrogen) atoms. The first-order valence-corrected chi connectivity index (χ1v) is 6.82. The fraction of sp³-hybridized carbons (Fsp3) is 0.571. The van der Waals surface area contributed by atoms with Crippen LogP contribution >= 0.6 is 11.6 Å². The lowest BCUT2D eigenvalue weighted by Gasteiger charge is -2.08. The first-order valence-electron chi connectivity index (χ1n) is 6.45. The van der Waals surface area contributed by atoms with Crippen molar-refractivity contribution in [3.8, 4) is 0 Å². The molecule has 0 atom stereocenters. The third-order valence-corrected chi connectivity index (χ3v) is 2.82. The van der Waals surface area contributed by atoms with E-state index in [1.54, 1.807) is 12.1 Å². The Bertz CT molecular complexity index is 356. The van der Waals surface area contributed by atoms with Gasteiger partial charge in [-0.25, -0.2) is 4.39 Å². The molecule has 0 aliphatic heterocycles. The van der Waals surface area contributed by atoms with Gasteiger partial charge in [-0.15, -0.1) is 0 Å². The zero-order valence-corrected chi connectivity index (χ0v) is 11.9. The molecule has 0 amide bonds. The molecule has 4 heteroatoms. The van der Waals surface area contributed by atoms with Gasteiger partial charge in [0.2, 0.25) is 0 Å². The molecular weight excluding hydrogens is 251 g/mol. The van der Waals surface area contributed by atoms with Gasteiger partial charge in [0.25, 0.3) is 0 Å². The van der Waals surface area contributed by atoms with Gasteiger partial charge in [0, 0.05) is 17.1 Å². The van der Waals surface area contributed by atoms with Gasteiger partial charge in [-0.2, -0.15) is 0 Å². The number of hydrogen-bond acceptors (Lipinski definition) is 2. The van der Waals surface area contributed by atoms with Gasteiger partial charge < -0.3 is 10.6 Å². The molecule has 0 aliphatic carbocycles. The van der Waals surface area contributed by atoms with Crippen LogP contribution in [0.4, 0.5) is 4.39 Å². The SMILES string of the molecule is CC(C)CNCCCNCc1cc(Cl)ccc1F. The van der Waals surface area contributed by atoms with Crippen molar-refractivity contribution in [3.63, 3.8) is 0 Å². The minimum atomic E-state index is -0.204. The standard InChI is InChI=1S/C14H22ClFN2/c1-11(2)9-17-6-3-7-18-10-12-8-13(15)4-5-14(12)16/h4-5,8,11,17-18H,3,6-7,9-10H2,1-2H3. The van der Waals surface area contributed by atoms with Crippen LogP contribution < -0.4 is 10.6 Å². The van der Waals surface area contributed by atoms with Crippen LogP contribution in [0.1, 0.15) is 25.8 Å². The summed E-state index contributed by atoms with van der Waals surface area (Å²) in [6, 6.07) is 4.64. The van der Waals surface area contributed by atoms with E-state index in [1.807, 2.05) is 0 Å². The molecule has 0 aromatic heterocycles. The average molecular weight is 273 g/mol. The van der Waals surface area contributed by atoms with E-state index in [2.05, 4.69) is 24.5 Å². The maximum Gasteiger partial charge on any atom is 0.127 e. The summed E-state index contributed by atoms with van der Waals surface area (Å²) >= 11 is 5.82. The van der Waals surface area contributed by atoms with Crippen molar-refractivity contribution in [1.29, 1.82) is 0 Å². The summed E-state index contributed by atoms with van der Waals surface area (Å²) in [5.41, 5.74) is 0.623. The molecule has 2 nitrogen and oxygen atoms in total. The Kier molecular flexibility index (Phi) is 7.25. The largest absolute Gasteiger partial charge is 0.316 e. The number of rotatable bonds is 8. The molecule has 0 bridgehead atoms. The lowest BCUT2D eigenvalue weighted by atomic mass is 10.2. The molecule has 0 unspecified atom stereocenters. The summed E-state index contributed by atoms with van der Waals surface area (Å²) in [7, 11) is 0. The van der Waals surface area contributed by atoms with Crippen molar-refractivity contribution in [2.24, 2.45) is 5.92 Å². The van der Waals surface area contributed by atoms with Crippen molar-refractivity contribution in [2.75, 3.05) is 19.6 Å². The van der Waals surface area contributed by atoms with Crippen molar-refractivity contribution in [3.05, 3.63) is 34.6 Å². The molecule has 102 valence electrons. The number of halogens is 2. The second-order valence-electron chi connectivity index (χ2n) is 4.86. The van der Waals surface area contributed by atoms with Crippen molar-refractivity contribution >= 4 is 11.6 Å². The van der Waals surface area contributed by atoms with Gasteiger partial charge in [-0.3, -0.25) is 0 Å². The number of benzene rings is 1. The van der Waals surface area contributed by atoms with Crippen molar-refractivity contribution in [1.82, 2.24) is 10.6 Å². The molecule has 0 aliphatic rings. The number of nitrogens with one attached hydrogen (secondary N) is 2. The van der Waals surface area contributed by atoms with E-state index in [4.69, 9.17) is 11.6 Å². The van der Waals surface area contributed by atoms with Gasteiger partial charge in [0.1, 0.15) is 5.82 Å². The molecule has 2 N–H and O–H groups in total. The van der Waals surface area contributed by atoms with E-state index in [9.17, 15) is 4.39 Å². The molecule has 0 saturated carbocycles. The zero-order chi connectivity index (χ0) is 13.4. The molecule has 1 aromatic rings. The smallest absolute Gasteiger partial charge is 0.127 e. The zero-order valence-electron chi connectivity index (χ0n) is 11.1. The van der Waals surface area contributed by atoms with Crippen LogP contribution in [0.15, 0.2) is 18.2 Å². The van der Waals surface area contributed by atoms with Gasteiger partial charge in [-0.1, -0.05) is 25.4 Å². The quantitative estimate of drug-likeness (QED) is 0.710. The van der Waals surface area contributed by atoms with Crippen LogP contribution in [-0.2, 0) is 6.54 Å². The molecular formula is C14H22ClFN2. The summed E-state index contributed by atoms with van der Waals surface area (Å²) in [6.45, 7) is 7.81. The topological polar surface area (TPSA) is 24.1 Å². The summed E-state index contributed by atoms with van der Waals surface area (Å²) in [5, 5.41) is 7.16. The maximum atomic E-state index is 13.4. The van der Waals surface area contributed by atoms with Crippen molar-refractivity contribution < 1.29 is 4.39 Å². The van der Waals surface area contributed by atoms with E-state index in [0.29, 0.717) is 23.0 Å². The van der Waals surface area contributed by atoms with E-state index in [0.717, 1.165) is 26.1 Å².